The van der Waals surface area contributed by atoms with E-state index in [0.717, 1.165) is 24.2 Å². The molecular formula is C15H17Cl2FN2O3S. The summed E-state index contributed by atoms with van der Waals surface area (Å²) < 4.78 is 17.9. The van der Waals surface area contributed by atoms with E-state index >= 15 is 0 Å². The first-order valence-electron chi connectivity index (χ1n) is 7.47. The van der Waals surface area contributed by atoms with Crippen molar-refractivity contribution in [2.24, 2.45) is 0 Å². The maximum atomic E-state index is 13.1. The van der Waals surface area contributed by atoms with Crippen LogP contribution in [0, 0.1) is 0 Å². The average molecular weight is 395 g/mol. The van der Waals surface area contributed by atoms with Crippen LogP contribution in [0.1, 0.15) is 32.1 Å². The molecule has 3 amide bonds. The van der Waals surface area contributed by atoms with Gasteiger partial charge >= 0.3 is 16.0 Å². The van der Waals surface area contributed by atoms with Crippen molar-refractivity contribution in [1.29, 1.82) is 0 Å². The fourth-order valence-corrected chi connectivity index (χ4v) is 3.06. The number of rotatable bonds is 4. The van der Waals surface area contributed by atoms with Gasteiger partial charge in [-0.1, -0.05) is 60.7 Å². The molecule has 1 fully saturated rings. The monoisotopic (exact) mass is 394 g/mol. The Morgan fingerprint density at radius 1 is 1.21 bits per heavy atom. The second-order valence-electron chi connectivity index (χ2n) is 5.30. The van der Waals surface area contributed by atoms with Crippen molar-refractivity contribution in [2.45, 2.75) is 42.1 Å². The second kappa shape index (κ2) is 8.78. The number of hydrogen-bond acceptors (Lipinski definition) is 4. The van der Waals surface area contributed by atoms with E-state index in [1.54, 1.807) is 30.3 Å². The lowest BCUT2D eigenvalue weighted by Gasteiger charge is -2.31. The van der Waals surface area contributed by atoms with Crippen molar-refractivity contribution in [3.05, 3.63) is 30.3 Å². The number of para-hydroxylation sites is 1. The molecule has 0 aromatic heterocycles. The Morgan fingerprint density at radius 2 is 1.83 bits per heavy atom. The van der Waals surface area contributed by atoms with Crippen molar-refractivity contribution in [2.75, 3.05) is 0 Å². The number of urea groups is 1. The predicted molar refractivity (Wildman–Crippen MR) is 92.8 cm³/mol. The molecule has 0 atom stereocenters. The van der Waals surface area contributed by atoms with Gasteiger partial charge in [-0.3, -0.25) is 4.72 Å². The average Bonchev–Trinajstić information content (AvgIpc) is 2.54. The Morgan fingerprint density at radius 3 is 2.42 bits per heavy atom. The van der Waals surface area contributed by atoms with Gasteiger partial charge in [-0.25, -0.2) is 14.5 Å². The molecule has 9 heteroatoms. The summed E-state index contributed by atoms with van der Waals surface area (Å²) in [5.74, 6) is 0.318. The van der Waals surface area contributed by atoms with Crippen molar-refractivity contribution in [3.8, 4) is 5.75 Å². The molecule has 1 aromatic rings. The third-order valence-electron chi connectivity index (χ3n) is 3.56. The Kier molecular flexibility index (Phi) is 7.01. The third-order valence-corrected chi connectivity index (χ3v) is 4.53. The minimum absolute atomic E-state index is 0.173. The van der Waals surface area contributed by atoms with Gasteiger partial charge in [0.05, 0.1) is 0 Å². The number of carbonyl (C=O) groups is 2. The van der Waals surface area contributed by atoms with Crippen LogP contribution in [-0.2, 0) is 0 Å². The molecule has 0 bridgehead atoms. The number of carbonyl (C=O) groups excluding carboxylic acids is 2. The summed E-state index contributed by atoms with van der Waals surface area (Å²) in [6, 6.07) is 7.29. The van der Waals surface area contributed by atoms with E-state index in [2.05, 4.69) is 4.72 Å². The largest absolute Gasteiger partial charge is 0.423 e. The van der Waals surface area contributed by atoms with Crippen molar-refractivity contribution in [1.82, 2.24) is 9.62 Å². The maximum absolute atomic E-state index is 13.1. The van der Waals surface area contributed by atoms with Crippen LogP contribution in [0.25, 0.3) is 0 Å². The predicted octanol–water partition coefficient (Wildman–Crippen LogP) is 5.24. The first-order valence-corrected chi connectivity index (χ1v) is 9.05. The highest BCUT2D eigenvalue weighted by atomic mass is 35.5. The summed E-state index contributed by atoms with van der Waals surface area (Å²) in [5, 5.41) is 0. The van der Waals surface area contributed by atoms with Crippen LogP contribution < -0.4 is 9.46 Å². The number of ether oxygens (including phenoxy) is 1. The summed E-state index contributed by atoms with van der Waals surface area (Å²) in [6.07, 6.45) is 3.37. The van der Waals surface area contributed by atoms with E-state index in [0.29, 0.717) is 18.6 Å². The Bertz CT molecular complexity index is 566. The molecule has 0 spiro atoms. The second-order valence-corrected chi connectivity index (χ2v) is 7.95. The zero-order valence-electron chi connectivity index (χ0n) is 12.7. The first-order chi connectivity index (χ1) is 11.4. The molecule has 132 valence electrons. The van der Waals surface area contributed by atoms with E-state index < -0.39 is 16.0 Å². The Labute approximate surface area is 153 Å². The SMILES string of the molecule is O=C(NSC(F)(Cl)Cl)N(C(=O)Oc1ccccc1)C1CCCCC1. The fraction of sp³-hybridized carbons (Fsp3) is 0.467. The molecule has 0 aliphatic heterocycles. The van der Waals surface area contributed by atoms with Crippen LogP contribution >= 0.6 is 35.1 Å². The molecule has 0 unspecified atom stereocenters. The summed E-state index contributed by atoms with van der Waals surface area (Å²) in [4.78, 5) is 25.8. The van der Waals surface area contributed by atoms with Crippen LogP contribution in [-0.4, -0.2) is 27.0 Å². The number of benzene rings is 1. The minimum atomic E-state index is -2.68. The quantitative estimate of drug-likeness (QED) is 0.560. The number of amides is 3. The molecule has 1 aliphatic carbocycles. The number of imide groups is 1. The zero-order valence-corrected chi connectivity index (χ0v) is 15.0. The lowest BCUT2D eigenvalue weighted by Crippen LogP contribution is -2.50. The molecule has 24 heavy (non-hydrogen) atoms. The van der Waals surface area contributed by atoms with Gasteiger partial charge in [-0.05, 0) is 25.0 Å². The molecule has 5 nitrogen and oxygen atoms in total. The molecule has 0 saturated heterocycles. The number of hydrogen-bond donors (Lipinski definition) is 1. The zero-order chi connectivity index (χ0) is 17.6. The fourth-order valence-electron chi connectivity index (χ4n) is 2.53. The van der Waals surface area contributed by atoms with E-state index in [9.17, 15) is 14.0 Å². The maximum Gasteiger partial charge on any atom is 0.423 e. The van der Waals surface area contributed by atoms with E-state index in [1.165, 1.54) is 0 Å². The number of alkyl halides is 3. The summed E-state index contributed by atoms with van der Waals surface area (Å²) in [5.41, 5.74) is 0. The van der Waals surface area contributed by atoms with E-state index in [-0.39, 0.29) is 18.0 Å². The van der Waals surface area contributed by atoms with E-state index in [1.807, 2.05) is 0 Å². The van der Waals surface area contributed by atoms with Gasteiger partial charge in [0.1, 0.15) is 5.75 Å². The summed E-state index contributed by atoms with van der Waals surface area (Å²) in [7, 11) is 0. The lowest BCUT2D eigenvalue weighted by atomic mass is 9.94. The summed E-state index contributed by atoms with van der Waals surface area (Å²) in [6.45, 7) is 0. The smallest absolute Gasteiger partial charge is 0.410 e. The lowest BCUT2D eigenvalue weighted by molar-refractivity contribution is 0.129. The van der Waals surface area contributed by atoms with Gasteiger partial charge < -0.3 is 4.74 Å². The van der Waals surface area contributed by atoms with Crippen LogP contribution in [0.2, 0.25) is 0 Å². The first kappa shape index (κ1) is 19.1. The van der Waals surface area contributed by atoms with Gasteiger partial charge in [0.15, 0.2) is 0 Å². The van der Waals surface area contributed by atoms with Crippen molar-refractivity contribution in [3.63, 3.8) is 0 Å². The van der Waals surface area contributed by atoms with Gasteiger partial charge in [0.25, 0.3) is 0 Å². The standard InChI is InChI=1S/C15H17Cl2FN2O3S/c16-15(17,18)24-19-13(21)20(11-7-3-1-4-8-11)14(22)23-12-9-5-2-6-10-12/h2,5-6,9-11H,1,3-4,7-8H2,(H,19,21). The molecule has 1 aliphatic rings. The molecule has 0 radical (unpaired) electrons. The number of nitrogens with one attached hydrogen (secondary N) is 1. The van der Waals surface area contributed by atoms with Gasteiger partial charge in [-0.2, -0.15) is 4.39 Å². The van der Waals surface area contributed by atoms with Crippen LogP contribution in [0.4, 0.5) is 14.0 Å². The molecular weight excluding hydrogens is 378 g/mol. The third kappa shape index (κ3) is 6.03. The van der Waals surface area contributed by atoms with Crippen molar-refractivity contribution < 1.29 is 18.7 Å². The number of halogens is 3. The van der Waals surface area contributed by atoms with Crippen LogP contribution in [0.5, 0.6) is 5.75 Å². The molecule has 0 heterocycles. The number of nitrogens with zero attached hydrogens (tertiary/aromatic N) is 1. The highest BCUT2D eigenvalue weighted by Gasteiger charge is 2.34. The van der Waals surface area contributed by atoms with Gasteiger partial charge in [0.2, 0.25) is 0 Å². The summed E-state index contributed by atoms with van der Waals surface area (Å²) >= 11 is 10.6. The van der Waals surface area contributed by atoms with Crippen LogP contribution in [0.15, 0.2) is 30.3 Å². The topological polar surface area (TPSA) is 58.6 Å². The molecule has 1 aromatic carbocycles. The van der Waals surface area contributed by atoms with Gasteiger partial charge in [-0.15, -0.1) is 0 Å². The Hall–Kier alpha value is -1.18. The highest BCUT2D eigenvalue weighted by molar-refractivity contribution is 8.01. The normalized spacial score (nSPS) is 15.6. The minimum Gasteiger partial charge on any atom is -0.410 e. The van der Waals surface area contributed by atoms with Gasteiger partial charge in [0, 0.05) is 18.0 Å². The highest BCUT2D eigenvalue weighted by Crippen LogP contribution is 2.34. The van der Waals surface area contributed by atoms with Crippen LogP contribution in [0.3, 0.4) is 0 Å². The Balaban J connectivity index is 2.09. The molecule has 1 N–H and O–H groups in total. The molecule has 1 saturated carbocycles. The van der Waals surface area contributed by atoms with Crippen molar-refractivity contribution >= 4 is 47.3 Å². The molecule has 2 rings (SSSR count). The van der Waals surface area contributed by atoms with E-state index in [4.69, 9.17) is 27.9 Å².